The first-order valence-corrected chi connectivity index (χ1v) is 8.18. The predicted molar refractivity (Wildman–Crippen MR) is 92.2 cm³/mol. The molecule has 2 N–H and O–H groups in total. The number of carbonyl (C=O) groups excluding carboxylic acids is 1. The highest BCUT2D eigenvalue weighted by molar-refractivity contribution is 8.22. The van der Waals surface area contributed by atoms with Crippen molar-refractivity contribution in [1.29, 1.82) is 0 Å². The van der Waals surface area contributed by atoms with E-state index in [9.17, 15) is 4.79 Å². The van der Waals surface area contributed by atoms with Gasteiger partial charge in [-0.3, -0.25) is 20.5 Å². The number of hydrogen-bond donors (Lipinski definition) is 2. The molecule has 1 fully saturated rings. The van der Waals surface area contributed by atoms with Crippen molar-refractivity contribution in [1.82, 2.24) is 15.2 Å². The average molecular weight is 345 g/mol. The molecule has 1 amide bonds. The molecule has 1 saturated heterocycles. The SMILES string of the molecule is C[C@@H](C(=O)NNc1ccc(Cl)cc1)N1CSC(=S)N(C)C1. The number of nitrogens with one attached hydrogen (secondary N) is 2. The van der Waals surface area contributed by atoms with Gasteiger partial charge in [0.1, 0.15) is 4.32 Å². The second kappa shape index (κ2) is 7.31. The first-order valence-electron chi connectivity index (χ1n) is 6.41. The molecule has 114 valence electrons. The van der Waals surface area contributed by atoms with Crippen molar-refractivity contribution in [3.8, 4) is 0 Å². The smallest absolute Gasteiger partial charge is 0.255 e. The molecule has 5 nitrogen and oxygen atoms in total. The number of anilines is 1. The molecule has 1 atom stereocenters. The fourth-order valence-electron chi connectivity index (χ4n) is 1.79. The van der Waals surface area contributed by atoms with Gasteiger partial charge in [-0.25, -0.2) is 0 Å². The maximum absolute atomic E-state index is 12.2. The molecule has 1 aromatic rings. The lowest BCUT2D eigenvalue weighted by Crippen LogP contribution is -2.52. The van der Waals surface area contributed by atoms with Crippen molar-refractivity contribution in [2.24, 2.45) is 0 Å². The third-order valence-electron chi connectivity index (χ3n) is 3.16. The van der Waals surface area contributed by atoms with Gasteiger partial charge in [0.15, 0.2) is 0 Å². The summed E-state index contributed by atoms with van der Waals surface area (Å²) in [5.74, 6) is 0.630. The third-order valence-corrected chi connectivity index (χ3v) is 5.10. The minimum Gasteiger partial charge on any atom is -0.347 e. The number of halogens is 1. The highest BCUT2D eigenvalue weighted by Gasteiger charge is 2.26. The van der Waals surface area contributed by atoms with Gasteiger partial charge in [0.2, 0.25) is 0 Å². The van der Waals surface area contributed by atoms with E-state index in [1.807, 2.05) is 18.9 Å². The number of carbonyl (C=O) groups is 1. The number of benzene rings is 1. The number of thioether (sulfide) groups is 1. The Labute approximate surface area is 139 Å². The topological polar surface area (TPSA) is 47.6 Å². The summed E-state index contributed by atoms with van der Waals surface area (Å²) in [6.07, 6.45) is 0. The van der Waals surface area contributed by atoms with Crippen LogP contribution in [0.1, 0.15) is 6.92 Å². The number of hydrazine groups is 1. The molecule has 0 aromatic heterocycles. The van der Waals surface area contributed by atoms with Crippen LogP contribution in [0.5, 0.6) is 0 Å². The van der Waals surface area contributed by atoms with Gasteiger partial charge in [0, 0.05) is 12.1 Å². The van der Waals surface area contributed by atoms with E-state index in [0.717, 1.165) is 15.9 Å². The normalized spacial score (nSPS) is 17.5. The molecule has 1 aliphatic rings. The van der Waals surface area contributed by atoms with E-state index >= 15 is 0 Å². The molecule has 1 heterocycles. The maximum atomic E-state index is 12.2. The van der Waals surface area contributed by atoms with Crippen LogP contribution in [0.15, 0.2) is 24.3 Å². The molecule has 8 heteroatoms. The van der Waals surface area contributed by atoms with E-state index in [1.54, 1.807) is 36.0 Å². The number of amides is 1. The van der Waals surface area contributed by atoms with Crippen molar-refractivity contribution in [3.05, 3.63) is 29.3 Å². The van der Waals surface area contributed by atoms with Crippen LogP contribution in [0.4, 0.5) is 5.69 Å². The summed E-state index contributed by atoms with van der Waals surface area (Å²) in [4.78, 5) is 16.2. The van der Waals surface area contributed by atoms with Crippen molar-refractivity contribution in [2.75, 3.05) is 25.0 Å². The highest BCUT2D eigenvalue weighted by atomic mass is 35.5. The fourth-order valence-corrected chi connectivity index (χ4v) is 2.99. The van der Waals surface area contributed by atoms with Crippen LogP contribution in [0.2, 0.25) is 5.02 Å². The van der Waals surface area contributed by atoms with Crippen molar-refractivity contribution in [2.45, 2.75) is 13.0 Å². The lowest BCUT2D eigenvalue weighted by molar-refractivity contribution is -0.125. The van der Waals surface area contributed by atoms with E-state index < -0.39 is 0 Å². The Hall–Kier alpha value is -1.02. The van der Waals surface area contributed by atoms with Crippen LogP contribution in [0.25, 0.3) is 0 Å². The van der Waals surface area contributed by atoms with Crippen LogP contribution in [0.3, 0.4) is 0 Å². The van der Waals surface area contributed by atoms with Gasteiger partial charge in [-0.2, -0.15) is 0 Å². The zero-order chi connectivity index (χ0) is 15.4. The summed E-state index contributed by atoms with van der Waals surface area (Å²) in [5.41, 5.74) is 6.37. The zero-order valence-electron chi connectivity index (χ0n) is 11.8. The summed E-state index contributed by atoms with van der Waals surface area (Å²) in [7, 11) is 1.93. The summed E-state index contributed by atoms with van der Waals surface area (Å²) in [6, 6.07) is 6.88. The van der Waals surface area contributed by atoms with Crippen molar-refractivity contribution >= 4 is 51.5 Å². The van der Waals surface area contributed by atoms with E-state index in [-0.39, 0.29) is 11.9 Å². The molecule has 0 bridgehead atoms. The molecular weight excluding hydrogens is 328 g/mol. The van der Waals surface area contributed by atoms with Crippen LogP contribution in [-0.4, -0.2) is 45.7 Å². The molecule has 0 saturated carbocycles. The van der Waals surface area contributed by atoms with Crippen molar-refractivity contribution in [3.63, 3.8) is 0 Å². The average Bonchev–Trinajstić information content (AvgIpc) is 2.48. The van der Waals surface area contributed by atoms with Gasteiger partial charge in [-0.05, 0) is 31.2 Å². The number of hydrogen-bond acceptors (Lipinski definition) is 5. The van der Waals surface area contributed by atoms with Gasteiger partial charge < -0.3 is 4.90 Å². The Morgan fingerprint density at radius 2 is 2.10 bits per heavy atom. The Morgan fingerprint density at radius 3 is 2.71 bits per heavy atom. The molecule has 0 unspecified atom stereocenters. The Morgan fingerprint density at radius 1 is 1.43 bits per heavy atom. The lowest BCUT2D eigenvalue weighted by atomic mass is 10.3. The van der Waals surface area contributed by atoms with Gasteiger partial charge in [0.05, 0.1) is 24.3 Å². The zero-order valence-corrected chi connectivity index (χ0v) is 14.2. The lowest BCUT2D eigenvalue weighted by Gasteiger charge is -2.37. The molecule has 1 aromatic carbocycles. The van der Waals surface area contributed by atoms with E-state index in [0.29, 0.717) is 11.7 Å². The molecule has 1 aliphatic heterocycles. The summed E-state index contributed by atoms with van der Waals surface area (Å²) in [5, 5.41) is 0.657. The number of rotatable bonds is 4. The first kappa shape index (κ1) is 16.4. The summed E-state index contributed by atoms with van der Waals surface area (Å²) >= 11 is 12.6. The second-order valence-corrected chi connectivity index (χ2v) is 6.78. The van der Waals surface area contributed by atoms with Crippen molar-refractivity contribution < 1.29 is 4.79 Å². The van der Waals surface area contributed by atoms with Crippen LogP contribution in [0, 0.1) is 0 Å². The largest absolute Gasteiger partial charge is 0.347 e. The first-order chi connectivity index (χ1) is 9.97. The van der Waals surface area contributed by atoms with Crippen LogP contribution < -0.4 is 10.9 Å². The monoisotopic (exact) mass is 344 g/mol. The van der Waals surface area contributed by atoms with Crippen LogP contribution >= 0.6 is 35.6 Å². The molecular formula is C13H17ClN4OS2. The standard InChI is InChI=1S/C13H17ClN4OS2/c1-9(18-7-17(2)13(20)21-8-18)12(19)16-15-11-5-3-10(14)4-6-11/h3-6,9,15H,7-8H2,1-2H3,(H,16,19)/t9-/m0/s1. The molecule has 21 heavy (non-hydrogen) atoms. The molecule has 0 aliphatic carbocycles. The molecule has 2 rings (SSSR count). The molecule has 0 spiro atoms. The maximum Gasteiger partial charge on any atom is 0.255 e. The van der Waals surface area contributed by atoms with E-state index in [1.165, 1.54) is 0 Å². The van der Waals surface area contributed by atoms with E-state index in [4.69, 9.17) is 23.8 Å². The van der Waals surface area contributed by atoms with Crippen LogP contribution in [-0.2, 0) is 4.79 Å². The predicted octanol–water partition coefficient (Wildman–Crippen LogP) is 2.35. The van der Waals surface area contributed by atoms with E-state index in [2.05, 4.69) is 15.8 Å². The van der Waals surface area contributed by atoms with Gasteiger partial charge >= 0.3 is 0 Å². The summed E-state index contributed by atoms with van der Waals surface area (Å²) < 4.78 is 0.859. The van der Waals surface area contributed by atoms with Gasteiger partial charge in [-0.1, -0.05) is 35.6 Å². The minimum absolute atomic E-state index is 0.0910. The Bertz CT molecular complexity index is 525. The molecule has 0 radical (unpaired) electrons. The quantitative estimate of drug-likeness (QED) is 0.646. The Balaban J connectivity index is 1.85. The Kier molecular flexibility index (Phi) is 5.69. The van der Waals surface area contributed by atoms with Gasteiger partial charge in [0.25, 0.3) is 5.91 Å². The second-order valence-electron chi connectivity index (χ2n) is 4.76. The summed E-state index contributed by atoms with van der Waals surface area (Å²) in [6.45, 7) is 2.53. The van der Waals surface area contributed by atoms with Gasteiger partial charge in [-0.15, -0.1) is 0 Å². The third kappa shape index (κ3) is 4.47. The number of thiocarbonyl (C=S) groups is 1. The highest BCUT2D eigenvalue weighted by Crippen LogP contribution is 2.19. The fraction of sp³-hybridized carbons (Fsp3) is 0.385. The minimum atomic E-state index is -0.247. The number of nitrogens with zero attached hydrogens (tertiary/aromatic N) is 2.